The van der Waals surface area contributed by atoms with Crippen LogP contribution in [0.5, 0.6) is 0 Å². The van der Waals surface area contributed by atoms with Crippen LogP contribution in [0.2, 0.25) is 5.02 Å². The van der Waals surface area contributed by atoms with Gasteiger partial charge in [0, 0.05) is 37.5 Å². The Bertz CT molecular complexity index is 1430. The summed E-state index contributed by atoms with van der Waals surface area (Å²) >= 11 is 6.50. The molecule has 0 aliphatic heterocycles. The van der Waals surface area contributed by atoms with E-state index in [1.807, 2.05) is 80.6 Å². The molecule has 0 unspecified atom stereocenters. The lowest BCUT2D eigenvalue weighted by molar-refractivity contribution is -0.141. The third kappa shape index (κ3) is 9.88. The van der Waals surface area contributed by atoms with Crippen LogP contribution >= 0.6 is 11.6 Å². The zero-order valence-electron chi connectivity index (χ0n) is 25.0. The minimum Gasteiger partial charge on any atom is -0.354 e. The number of sulfonamides is 1. The number of halogens is 1. The van der Waals surface area contributed by atoms with E-state index in [1.54, 1.807) is 11.0 Å². The monoisotopic (exact) mass is 611 g/mol. The maximum Gasteiger partial charge on any atom is 0.243 e. The number of carbonyl (C=O) groups is 2. The highest BCUT2D eigenvalue weighted by atomic mass is 35.5. The first-order valence-electron chi connectivity index (χ1n) is 14.4. The van der Waals surface area contributed by atoms with E-state index in [-0.39, 0.29) is 37.7 Å². The van der Waals surface area contributed by atoms with Crippen LogP contribution in [0, 0.1) is 13.8 Å². The molecule has 0 fully saturated rings. The molecule has 3 aromatic rings. The summed E-state index contributed by atoms with van der Waals surface area (Å²) in [5.74, 6) is -0.462. The van der Waals surface area contributed by atoms with Crippen LogP contribution in [0.25, 0.3) is 0 Å². The van der Waals surface area contributed by atoms with E-state index in [4.69, 9.17) is 11.6 Å². The van der Waals surface area contributed by atoms with Gasteiger partial charge in [-0.05, 0) is 67.1 Å². The summed E-state index contributed by atoms with van der Waals surface area (Å²) in [6, 6.07) is 21.8. The second-order valence-electron chi connectivity index (χ2n) is 10.7. The molecule has 0 saturated heterocycles. The van der Waals surface area contributed by atoms with Gasteiger partial charge in [-0.25, -0.2) is 8.42 Å². The number of aryl methyl sites for hydroxylation is 2. The predicted octanol–water partition coefficient (Wildman–Crippen LogP) is 6.06. The highest BCUT2D eigenvalue weighted by Crippen LogP contribution is 2.24. The van der Waals surface area contributed by atoms with Gasteiger partial charge in [0.25, 0.3) is 0 Å². The average molecular weight is 612 g/mol. The van der Waals surface area contributed by atoms with E-state index in [1.165, 1.54) is 10.6 Å². The van der Waals surface area contributed by atoms with E-state index in [0.717, 1.165) is 35.1 Å². The van der Waals surface area contributed by atoms with Gasteiger partial charge in [0.2, 0.25) is 21.8 Å². The summed E-state index contributed by atoms with van der Waals surface area (Å²) in [4.78, 5) is 29.1. The molecule has 0 spiro atoms. The van der Waals surface area contributed by atoms with E-state index in [0.29, 0.717) is 23.7 Å². The standard InChI is InChI=1S/C33H42ClN3O4S/c1-5-6-18-35-33(39)31(23-27-13-8-7-9-14-27)36(24-28-15-10-11-16-30(28)34)32(38)17-12-19-37(42(4,40)41)29-21-25(2)20-26(3)22-29/h7-11,13-16,20-22,31H,5-6,12,17-19,23-24H2,1-4H3,(H,35,39)/t31-/m0/s1. The Morgan fingerprint density at radius 2 is 1.57 bits per heavy atom. The molecule has 0 aliphatic carbocycles. The lowest BCUT2D eigenvalue weighted by Gasteiger charge is -2.32. The Hall–Kier alpha value is -3.36. The Balaban J connectivity index is 1.89. The first kappa shape index (κ1) is 33.1. The summed E-state index contributed by atoms with van der Waals surface area (Å²) in [5, 5.41) is 3.52. The zero-order valence-corrected chi connectivity index (χ0v) is 26.5. The van der Waals surface area contributed by atoms with Crippen LogP contribution < -0.4 is 9.62 Å². The third-order valence-corrected chi connectivity index (χ3v) is 8.61. The van der Waals surface area contributed by atoms with Crippen molar-refractivity contribution in [2.75, 3.05) is 23.7 Å². The Morgan fingerprint density at radius 1 is 0.929 bits per heavy atom. The molecule has 42 heavy (non-hydrogen) atoms. The number of carbonyl (C=O) groups excluding carboxylic acids is 2. The van der Waals surface area contributed by atoms with Crippen LogP contribution in [0.3, 0.4) is 0 Å². The van der Waals surface area contributed by atoms with Crippen LogP contribution in [-0.4, -0.2) is 50.5 Å². The minimum atomic E-state index is -3.58. The molecule has 0 saturated carbocycles. The van der Waals surface area contributed by atoms with Crippen LogP contribution in [0.15, 0.2) is 72.8 Å². The smallest absolute Gasteiger partial charge is 0.243 e. The predicted molar refractivity (Wildman–Crippen MR) is 171 cm³/mol. The Kier molecular flexibility index (Phi) is 12.4. The first-order valence-corrected chi connectivity index (χ1v) is 16.6. The van der Waals surface area contributed by atoms with Crippen LogP contribution in [0.1, 0.15) is 54.9 Å². The number of rotatable bonds is 15. The highest BCUT2D eigenvalue weighted by molar-refractivity contribution is 7.92. The summed E-state index contributed by atoms with van der Waals surface area (Å²) in [5.41, 5.74) is 4.16. The molecule has 0 heterocycles. The van der Waals surface area contributed by atoms with E-state index in [9.17, 15) is 18.0 Å². The molecule has 0 radical (unpaired) electrons. The quantitative estimate of drug-likeness (QED) is 0.212. The van der Waals surface area contributed by atoms with Crippen molar-refractivity contribution in [2.45, 2.75) is 65.5 Å². The van der Waals surface area contributed by atoms with Gasteiger partial charge in [0.1, 0.15) is 6.04 Å². The fraction of sp³-hybridized carbons (Fsp3) is 0.394. The van der Waals surface area contributed by atoms with Crippen molar-refractivity contribution >= 4 is 39.1 Å². The molecular formula is C33H42ClN3O4S. The number of hydrogen-bond acceptors (Lipinski definition) is 4. The van der Waals surface area contributed by atoms with Gasteiger partial charge in [-0.15, -0.1) is 0 Å². The molecule has 0 aromatic heterocycles. The molecular weight excluding hydrogens is 570 g/mol. The van der Waals surface area contributed by atoms with Crippen molar-refractivity contribution in [3.63, 3.8) is 0 Å². The molecule has 2 amide bonds. The van der Waals surface area contributed by atoms with Crippen LogP contribution in [-0.2, 0) is 32.6 Å². The average Bonchev–Trinajstić information content (AvgIpc) is 2.93. The molecule has 7 nitrogen and oxygen atoms in total. The Morgan fingerprint density at radius 3 is 2.19 bits per heavy atom. The molecule has 3 rings (SSSR count). The number of amides is 2. The second kappa shape index (κ2) is 15.8. The molecule has 0 bridgehead atoms. The van der Waals surface area contributed by atoms with E-state index in [2.05, 4.69) is 12.2 Å². The molecule has 0 aliphatic rings. The van der Waals surface area contributed by atoms with Gasteiger partial charge in [-0.2, -0.15) is 0 Å². The zero-order chi connectivity index (χ0) is 30.7. The normalized spacial score (nSPS) is 12.0. The largest absolute Gasteiger partial charge is 0.354 e. The van der Waals surface area contributed by atoms with Crippen molar-refractivity contribution in [1.82, 2.24) is 10.2 Å². The van der Waals surface area contributed by atoms with Gasteiger partial charge in [0.05, 0.1) is 11.9 Å². The third-order valence-electron chi connectivity index (χ3n) is 7.05. The number of unbranched alkanes of at least 4 members (excludes halogenated alkanes) is 1. The number of nitrogens with one attached hydrogen (secondary N) is 1. The molecule has 9 heteroatoms. The van der Waals surface area contributed by atoms with E-state index >= 15 is 0 Å². The second-order valence-corrected chi connectivity index (χ2v) is 13.1. The van der Waals surface area contributed by atoms with Crippen molar-refractivity contribution in [2.24, 2.45) is 0 Å². The van der Waals surface area contributed by atoms with Crippen molar-refractivity contribution in [3.8, 4) is 0 Å². The summed E-state index contributed by atoms with van der Waals surface area (Å²) in [6.45, 7) is 6.72. The maximum atomic E-state index is 13.9. The summed E-state index contributed by atoms with van der Waals surface area (Å²) in [6.07, 6.45) is 3.63. The lowest BCUT2D eigenvalue weighted by atomic mass is 10.0. The number of anilines is 1. The number of benzene rings is 3. The molecule has 226 valence electrons. The molecule has 3 aromatic carbocycles. The number of hydrogen-bond donors (Lipinski definition) is 1. The topological polar surface area (TPSA) is 86.8 Å². The lowest BCUT2D eigenvalue weighted by Crippen LogP contribution is -2.50. The van der Waals surface area contributed by atoms with Gasteiger partial charge in [-0.1, -0.05) is 79.5 Å². The fourth-order valence-corrected chi connectivity index (χ4v) is 6.11. The van der Waals surface area contributed by atoms with Crippen LogP contribution in [0.4, 0.5) is 5.69 Å². The van der Waals surface area contributed by atoms with E-state index < -0.39 is 16.1 Å². The van der Waals surface area contributed by atoms with Crippen molar-refractivity contribution in [1.29, 1.82) is 0 Å². The van der Waals surface area contributed by atoms with Crippen molar-refractivity contribution in [3.05, 3.63) is 100 Å². The first-order chi connectivity index (χ1) is 20.0. The molecule has 1 N–H and O–H groups in total. The summed E-state index contributed by atoms with van der Waals surface area (Å²) < 4.78 is 26.8. The van der Waals surface area contributed by atoms with Crippen molar-refractivity contribution < 1.29 is 18.0 Å². The SMILES string of the molecule is CCCCNC(=O)[C@H](Cc1ccccc1)N(Cc1ccccc1Cl)C(=O)CCCN(c1cc(C)cc(C)c1)S(C)(=O)=O. The van der Waals surface area contributed by atoms with Gasteiger partial charge in [-0.3, -0.25) is 13.9 Å². The Labute approximate surface area is 255 Å². The van der Waals surface area contributed by atoms with Gasteiger partial charge >= 0.3 is 0 Å². The minimum absolute atomic E-state index is 0.0643. The maximum absolute atomic E-state index is 13.9. The number of nitrogens with zero attached hydrogens (tertiary/aromatic N) is 2. The van der Waals surface area contributed by atoms with Gasteiger partial charge in [0.15, 0.2) is 0 Å². The molecule has 1 atom stereocenters. The fourth-order valence-electron chi connectivity index (χ4n) is 4.97. The highest BCUT2D eigenvalue weighted by Gasteiger charge is 2.31. The summed E-state index contributed by atoms with van der Waals surface area (Å²) in [7, 11) is -3.58. The van der Waals surface area contributed by atoms with Gasteiger partial charge < -0.3 is 10.2 Å².